The molecule has 0 radical (unpaired) electrons. The number of amidine groups is 1. The van der Waals surface area contributed by atoms with Gasteiger partial charge in [0.2, 0.25) is 0 Å². The average Bonchev–Trinajstić information content (AvgIpc) is 2.86. The molecule has 2 aromatic carbocycles. The summed E-state index contributed by atoms with van der Waals surface area (Å²) in [5.41, 5.74) is 1.45. The van der Waals surface area contributed by atoms with Gasteiger partial charge in [-0.3, -0.25) is 15.1 Å². The van der Waals surface area contributed by atoms with E-state index in [0.717, 1.165) is 53.3 Å². The standard InChI is InChI=1S/C27H34N4O2S/c1-3-5-7-13-19-34-27-29-26(32)24-20-14-8-10-16-22(20)28-25(31(24)30-27)21-15-9-11-17-23(21)33-18-12-6-4-2/h8-11,14-17,25H,3-7,12-13,18-19H2,1-2H3,(H,29,30,32)/t25-/m0/s1. The minimum atomic E-state index is -0.464. The first kappa shape index (κ1) is 24.3. The van der Waals surface area contributed by atoms with E-state index in [1.165, 1.54) is 19.3 Å². The normalized spacial score (nSPS) is 16.8. The van der Waals surface area contributed by atoms with Crippen molar-refractivity contribution >= 4 is 28.5 Å². The fraction of sp³-hybridized carbons (Fsp3) is 0.444. The highest BCUT2D eigenvalue weighted by molar-refractivity contribution is 8.13. The summed E-state index contributed by atoms with van der Waals surface area (Å²) in [5, 5.41) is 11.9. The second-order valence-electron chi connectivity index (χ2n) is 8.57. The van der Waals surface area contributed by atoms with Crippen LogP contribution in [0.2, 0.25) is 0 Å². The molecule has 2 aliphatic rings. The number of unbranched alkanes of at least 4 members (excludes halogenated alkanes) is 5. The molecule has 1 N–H and O–H groups in total. The van der Waals surface area contributed by atoms with Gasteiger partial charge in [0.25, 0.3) is 5.91 Å². The number of benzene rings is 2. The van der Waals surface area contributed by atoms with Gasteiger partial charge in [-0.25, -0.2) is 5.01 Å². The number of nitrogens with one attached hydrogen (secondary N) is 1. The number of nitrogens with zero attached hydrogens (tertiary/aromatic N) is 3. The molecule has 0 aromatic heterocycles. The Morgan fingerprint density at radius 2 is 1.74 bits per heavy atom. The lowest BCUT2D eigenvalue weighted by Gasteiger charge is -2.34. The number of hydrazone groups is 1. The molecule has 0 bridgehead atoms. The summed E-state index contributed by atoms with van der Waals surface area (Å²) in [6, 6.07) is 15.7. The fourth-order valence-corrected chi connectivity index (χ4v) is 5.00. The van der Waals surface area contributed by atoms with E-state index in [1.54, 1.807) is 16.8 Å². The number of amides is 1. The third kappa shape index (κ3) is 5.63. The molecule has 0 fully saturated rings. The topological polar surface area (TPSA) is 66.3 Å². The van der Waals surface area contributed by atoms with E-state index in [0.29, 0.717) is 17.5 Å². The molecule has 6 nitrogen and oxygen atoms in total. The van der Waals surface area contributed by atoms with E-state index in [2.05, 4.69) is 19.2 Å². The zero-order valence-corrected chi connectivity index (χ0v) is 20.9. The van der Waals surface area contributed by atoms with E-state index >= 15 is 0 Å². The van der Waals surface area contributed by atoms with Crippen molar-refractivity contribution in [2.45, 2.75) is 65.0 Å². The van der Waals surface area contributed by atoms with Gasteiger partial charge in [0.05, 0.1) is 12.0 Å². The molecule has 0 aliphatic carbocycles. The minimum Gasteiger partial charge on any atom is -0.493 e. The molecule has 1 amide bonds. The Hall–Kier alpha value is -2.80. The lowest BCUT2D eigenvalue weighted by atomic mass is 10.1. The van der Waals surface area contributed by atoms with Crippen LogP contribution in [-0.2, 0) is 4.79 Å². The molecule has 0 spiro atoms. The van der Waals surface area contributed by atoms with Gasteiger partial charge in [-0.05, 0) is 25.0 Å². The number of rotatable bonds is 11. The van der Waals surface area contributed by atoms with Crippen LogP contribution in [0.15, 0.2) is 58.6 Å². The van der Waals surface area contributed by atoms with Gasteiger partial charge in [-0.1, -0.05) is 94.1 Å². The van der Waals surface area contributed by atoms with Crippen LogP contribution in [0.25, 0.3) is 5.70 Å². The molecule has 0 saturated carbocycles. The van der Waals surface area contributed by atoms with Crippen molar-refractivity contribution in [1.29, 1.82) is 0 Å². The molecule has 1 atom stereocenters. The highest BCUT2D eigenvalue weighted by Gasteiger charge is 2.35. The van der Waals surface area contributed by atoms with Crippen LogP contribution in [0.5, 0.6) is 5.75 Å². The molecule has 2 aromatic rings. The lowest BCUT2D eigenvalue weighted by molar-refractivity contribution is -0.116. The van der Waals surface area contributed by atoms with Crippen molar-refractivity contribution in [1.82, 2.24) is 10.3 Å². The first-order chi connectivity index (χ1) is 16.7. The lowest BCUT2D eigenvalue weighted by Crippen LogP contribution is -2.50. The van der Waals surface area contributed by atoms with Gasteiger partial charge in [-0.2, -0.15) is 0 Å². The van der Waals surface area contributed by atoms with E-state index in [1.807, 2.05) is 48.5 Å². The number of carbonyl (C=O) groups excluding carboxylic acids is 1. The summed E-state index contributed by atoms with van der Waals surface area (Å²) in [5.74, 6) is 1.58. The average molecular weight is 479 g/mol. The summed E-state index contributed by atoms with van der Waals surface area (Å²) in [7, 11) is 0. The predicted molar refractivity (Wildman–Crippen MR) is 139 cm³/mol. The number of thioether (sulfide) groups is 1. The van der Waals surface area contributed by atoms with Crippen LogP contribution in [-0.4, -0.2) is 28.4 Å². The third-order valence-corrected chi connectivity index (χ3v) is 6.90. The van der Waals surface area contributed by atoms with E-state index in [-0.39, 0.29) is 5.91 Å². The molecule has 180 valence electrons. The molecule has 4 rings (SSSR count). The number of hydrogen-bond donors (Lipinski definition) is 1. The number of ether oxygens (including phenoxy) is 1. The van der Waals surface area contributed by atoms with Gasteiger partial charge in [0, 0.05) is 16.5 Å². The summed E-state index contributed by atoms with van der Waals surface area (Å²) in [4.78, 5) is 18.3. The Labute approximate surface area is 206 Å². The second kappa shape index (κ2) is 12.1. The first-order valence-corrected chi connectivity index (χ1v) is 13.4. The fourth-order valence-electron chi connectivity index (χ4n) is 4.15. The maximum Gasteiger partial charge on any atom is 0.276 e. The Morgan fingerprint density at radius 3 is 2.59 bits per heavy atom. The Morgan fingerprint density at radius 1 is 0.971 bits per heavy atom. The Balaban J connectivity index is 1.67. The van der Waals surface area contributed by atoms with Crippen LogP contribution in [0, 0.1) is 0 Å². The number of para-hydroxylation sites is 2. The maximum atomic E-state index is 13.3. The minimum absolute atomic E-state index is 0.139. The molecule has 34 heavy (non-hydrogen) atoms. The number of fused-ring (bicyclic) bond motifs is 2. The van der Waals surface area contributed by atoms with Crippen LogP contribution < -0.4 is 20.6 Å². The van der Waals surface area contributed by atoms with E-state index < -0.39 is 6.17 Å². The van der Waals surface area contributed by atoms with Gasteiger partial charge in [0.1, 0.15) is 11.4 Å². The summed E-state index contributed by atoms with van der Waals surface area (Å²) in [6.45, 7) is 5.05. The Kier molecular flexibility index (Phi) is 8.63. The SMILES string of the molecule is CCCCCCSC1=NN2C(=c3ccccc3=N[C@@H]2c2ccccc2OCCCCC)C(=O)N1. The quantitative estimate of drug-likeness (QED) is 0.475. The highest BCUT2D eigenvalue weighted by atomic mass is 32.2. The summed E-state index contributed by atoms with van der Waals surface area (Å²) in [6.07, 6.45) is 7.57. The molecule has 7 heteroatoms. The van der Waals surface area contributed by atoms with Crippen molar-refractivity contribution in [3.63, 3.8) is 0 Å². The largest absolute Gasteiger partial charge is 0.493 e. The second-order valence-corrected chi connectivity index (χ2v) is 9.66. The number of carbonyl (C=O) groups is 1. The first-order valence-electron chi connectivity index (χ1n) is 12.4. The molecule has 2 heterocycles. The zero-order chi connectivity index (χ0) is 23.8. The van der Waals surface area contributed by atoms with Crippen LogP contribution in [0.4, 0.5) is 0 Å². The summed E-state index contributed by atoms with van der Waals surface area (Å²) < 4.78 is 6.17. The molecular formula is C27H34N4O2S. The maximum absolute atomic E-state index is 13.3. The monoisotopic (exact) mass is 478 g/mol. The smallest absolute Gasteiger partial charge is 0.276 e. The van der Waals surface area contributed by atoms with Gasteiger partial charge >= 0.3 is 0 Å². The van der Waals surface area contributed by atoms with E-state index in [9.17, 15) is 4.79 Å². The van der Waals surface area contributed by atoms with Gasteiger partial charge in [0.15, 0.2) is 11.3 Å². The van der Waals surface area contributed by atoms with E-state index in [4.69, 9.17) is 14.8 Å². The van der Waals surface area contributed by atoms with Crippen LogP contribution in [0.3, 0.4) is 0 Å². The molecular weight excluding hydrogens is 444 g/mol. The van der Waals surface area contributed by atoms with Crippen molar-refractivity contribution in [3.8, 4) is 5.75 Å². The van der Waals surface area contributed by atoms with Gasteiger partial charge < -0.3 is 4.74 Å². The number of hydrogen-bond acceptors (Lipinski definition) is 6. The summed E-state index contributed by atoms with van der Waals surface area (Å²) >= 11 is 1.60. The Bertz CT molecular complexity index is 1150. The molecule has 2 aliphatic heterocycles. The van der Waals surface area contributed by atoms with Crippen LogP contribution in [0.1, 0.15) is 70.5 Å². The zero-order valence-electron chi connectivity index (χ0n) is 20.1. The molecule has 0 saturated heterocycles. The third-order valence-electron chi connectivity index (χ3n) is 5.95. The van der Waals surface area contributed by atoms with Crippen molar-refractivity contribution < 1.29 is 9.53 Å². The van der Waals surface area contributed by atoms with Crippen molar-refractivity contribution in [2.75, 3.05) is 12.4 Å². The highest BCUT2D eigenvalue weighted by Crippen LogP contribution is 2.35. The van der Waals surface area contributed by atoms with Gasteiger partial charge in [-0.15, -0.1) is 5.10 Å². The molecule has 0 unspecified atom stereocenters. The van der Waals surface area contributed by atoms with Crippen LogP contribution >= 0.6 is 11.8 Å². The van der Waals surface area contributed by atoms with Crippen molar-refractivity contribution in [2.24, 2.45) is 10.1 Å². The predicted octanol–water partition coefficient (Wildman–Crippen LogP) is 4.71. The van der Waals surface area contributed by atoms with Crippen molar-refractivity contribution in [3.05, 3.63) is 64.7 Å².